The van der Waals surface area contributed by atoms with Crippen LogP contribution in [0.1, 0.15) is 32.4 Å². The van der Waals surface area contributed by atoms with Gasteiger partial charge in [0, 0.05) is 18.3 Å². The van der Waals surface area contributed by atoms with Crippen LogP contribution in [0.5, 0.6) is 0 Å². The van der Waals surface area contributed by atoms with Gasteiger partial charge < -0.3 is 4.42 Å². The maximum Gasteiger partial charge on any atom is 0.139 e. The number of rotatable bonds is 2. The highest BCUT2D eigenvalue weighted by Gasteiger charge is 2.43. The summed E-state index contributed by atoms with van der Waals surface area (Å²) in [4.78, 5) is 11.8. The zero-order valence-corrected chi connectivity index (χ0v) is 8.75. The number of hydrogen-bond donors (Lipinski definition) is 0. The predicted molar refractivity (Wildman–Crippen MR) is 53.9 cm³/mol. The summed E-state index contributed by atoms with van der Waals surface area (Å²) in [6.07, 6.45) is 4.18. The lowest BCUT2D eigenvalue weighted by Gasteiger charge is -2.26. The SMILES string of the molecule is C[C@H]1CCC(=O)[C@@]1(C)Cc1ccco1. The highest BCUT2D eigenvalue weighted by molar-refractivity contribution is 5.87. The molecule has 2 rings (SSSR count). The molecule has 1 aromatic rings. The largest absolute Gasteiger partial charge is 0.469 e. The molecule has 1 saturated carbocycles. The average Bonchev–Trinajstić information content (AvgIpc) is 2.72. The molecule has 0 N–H and O–H groups in total. The Labute approximate surface area is 84.3 Å². The molecule has 1 aromatic heterocycles. The Morgan fingerprint density at radius 2 is 2.43 bits per heavy atom. The van der Waals surface area contributed by atoms with Crippen LogP contribution in [0.25, 0.3) is 0 Å². The molecule has 1 aliphatic carbocycles. The van der Waals surface area contributed by atoms with Crippen LogP contribution in [0.15, 0.2) is 22.8 Å². The minimum Gasteiger partial charge on any atom is -0.469 e. The van der Waals surface area contributed by atoms with E-state index in [0.717, 1.165) is 25.0 Å². The van der Waals surface area contributed by atoms with Crippen molar-refractivity contribution in [2.45, 2.75) is 33.1 Å². The average molecular weight is 192 g/mol. The summed E-state index contributed by atoms with van der Waals surface area (Å²) in [5, 5.41) is 0. The maximum atomic E-state index is 11.8. The Bertz CT molecular complexity index is 326. The van der Waals surface area contributed by atoms with Crippen LogP contribution >= 0.6 is 0 Å². The van der Waals surface area contributed by atoms with Crippen LogP contribution in [0.4, 0.5) is 0 Å². The molecule has 14 heavy (non-hydrogen) atoms. The highest BCUT2D eigenvalue weighted by Crippen LogP contribution is 2.42. The van der Waals surface area contributed by atoms with Crippen molar-refractivity contribution in [1.29, 1.82) is 0 Å². The van der Waals surface area contributed by atoms with Gasteiger partial charge in [-0.3, -0.25) is 4.79 Å². The summed E-state index contributed by atoms with van der Waals surface area (Å²) in [7, 11) is 0. The number of Topliss-reactive ketones (excluding diaryl/α,β-unsaturated/α-hetero) is 1. The normalized spacial score (nSPS) is 32.4. The van der Waals surface area contributed by atoms with Crippen molar-refractivity contribution in [3.8, 4) is 0 Å². The predicted octanol–water partition coefficient (Wildman–Crippen LogP) is 2.83. The van der Waals surface area contributed by atoms with Crippen molar-refractivity contribution in [3.05, 3.63) is 24.2 Å². The van der Waals surface area contributed by atoms with Crippen molar-refractivity contribution < 1.29 is 9.21 Å². The first kappa shape index (κ1) is 9.50. The van der Waals surface area contributed by atoms with Gasteiger partial charge in [-0.15, -0.1) is 0 Å². The second-order valence-electron chi connectivity index (χ2n) is 4.54. The van der Waals surface area contributed by atoms with Gasteiger partial charge in [0.1, 0.15) is 11.5 Å². The lowest BCUT2D eigenvalue weighted by atomic mass is 9.76. The summed E-state index contributed by atoms with van der Waals surface area (Å²) in [5.41, 5.74) is -0.197. The summed E-state index contributed by atoms with van der Waals surface area (Å²) in [6.45, 7) is 4.23. The van der Waals surface area contributed by atoms with E-state index in [1.807, 2.05) is 12.1 Å². The van der Waals surface area contributed by atoms with E-state index < -0.39 is 0 Å². The lowest BCUT2D eigenvalue weighted by Crippen LogP contribution is -2.29. The molecule has 0 radical (unpaired) electrons. The Kier molecular flexibility index (Phi) is 2.22. The summed E-state index contributed by atoms with van der Waals surface area (Å²) < 4.78 is 5.31. The zero-order valence-electron chi connectivity index (χ0n) is 8.75. The fourth-order valence-corrected chi connectivity index (χ4v) is 2.27. The number of hydrogen-bond acceptors (Lipinski definition) is 2. The fourth-order valence-electron chi connectivity index (χ4n) is 2.27. The van der Waals surface area contributed by atoms with Gasteiger partial charge in [-0.05, 0) is 24.5 Å². The van der Waals surface area contributed by atoms with Crippen molar-refractivity contribution in [2.75, 3.05) is 0 Å². The van der Waals surface area contributed by atoms with E-state index in [1.165, 1.54) is 0 Å². The van der Waals surface area contributed by atoms with Crippen LogP contribution in [0.3, 0.4) is 0 Å². The molecular weight excluding hydrogens is 176 g/mol. The first-order chi connectivity index (χ1) is 6.63. The third kappa shape index (κ3) is 1.39. The van der Waals surface area contributed by atoms with Crippen molar-refractivity contribution >= 4 is 5.78 Å². The number of ketones is 1. The molecule has 0 bridgehead atoms. The van der Waals surface area contributed by atoms with Gasteiger partial charge in [-0.1, -0.05) is 13.8 Å². The Hall–Kier alpha value is -1.05. The number of carbonyl (C=O) groups is 1. The molecule has 0 amide bonds. The van der Waals surface area contributed by atoms with E-state index in [9.17, 15) is 4.79 Å². The molecule has 2 atom stereocenters. The molecule has 0 aliphatic heterocycles. The van der Waals surface area contributed by atoms with Crippen LogP contribution in [-0.2, 0) is 11.2 Å². The molecule has 0 saturated heterocycles. The van der Waals surface area contributed by atoms with Gasteiger partial charge in [0.05, 0.1) is 6.26 Å². The minimum atomic E-state index is -0.197. The van der Waals surface area contributed by atoms with Gasteiger partial charge in [0.2, 0.25) is 0 Å². The van der Waals surface area contributed by atoms with E-state index in [0.29, 0.717) is 11.7 Å². The summed E-state index contributed by atoms with van der Waals surface area (Å²) in [5.74, 6) is 1.79. The standard InChI is InChI=1S/C12H16O2/c1-9-5-6-11(13)12(9,2)8-10-4-3-7-14-10/h3-4,7,9H,5-6,8H2,1-2H3/t9-,12-/m0/s1. The second kappa shape index (κ2) is 3.26. The molecule has 0 aromatic carbocycles. The molecule has 1 fully saturated rings. The third-order valence-electron chi connectivity index (χ3n) is 3.65. The van der Waals surface area contributed by atoms with Gasteiger partial charge in [-0.2, -0.15) is 0 Å². The molecule has 1 aliphatic rings. The first-order valence-corrected chi connectivity index (χ1v) is 5.18. The van der Waals surface area contributed by atoms with E-state index in [-0.39, 0.29) is 5.41 Å². The Morgan fingerprint density at radius 3 is 2.93 bits per heavy atom. The fraction of sp³-hybridized carbons (Fsp3) is 0.583. The monoisotopic (exact) mass is 192 g/mol. The second-order valence-corrected chi connectivity index (χ2v) is 4.54. The summed E-state index contributed by atoms with van der Waals surface area (Å²) in [6, 6.07) is 3.83. The summed E-state index contributed by atoms with van der Waals surface area (Å²) >= 11 is 0. The maximum absolute atomic E-state index is 11.8. The van der Waals surface area contributed by atoms with E-state index >= 15 is 0 Å². The van der Waals surface area contributed by atoms with Crippen LogP contribution in [0, 0.1) is 11.3 Å². The Morgan fingerprint density at radius 1 is 1.64 bits per heavy atom. The molecule has 2 heteroatoms. The number of carbonyl (C=O) groups excluding carboxylic acids is 1. The molecule has 1 heterocycles. The van der Waals surface area contributed by atoms with Gasteiger partial charge >= 0.3 is 0 Å². The molecule has 2 nitrogen and oxygen atoms in total. The van der Waals surface area contributed by atoms with E-state index in [2.05, 4.69) is 13.8 Å². The van der Waals surface area contributed by atoms with Crippen LogP contribution in [0.2, 0.25) is 0 Å². The topological polar surface area (TPSA) is 30.2 Å². The molecule has 76 valence electrons. The minimum absolute atomic E-state index is 0.197. The van der Waals surface area contributed by atoms with Gasteiger partial charge in [-0.25, -0.2) is 0 Å². The smallest absolute Gasteiger partial charge is 0.139 e. The highest BCUT2D eigenvalue weighted by atomic mass is 16.3. The molecule has 0 spiro atoms. The first-order valence-electron chi connectivity index (χ1n) is 5.18. The quantitative estimate of drug-likeness (QED) is 0.721. The zero-order chi connectivity index (χ0) is 10.2. The van der Waals surface area contributed by atoms with Crippen molar-refractivity contribution in [2.24, 2.45) is 11.3 Å². The third-order valence-corrected chi connectivity index (χ3v) is 3.65. The van der Waals surface area contributed by atoms with E-state index in [1.54, 1.807) is 6.26 Å². The number of furan rings is 1. The van der Waals surface area contributed by atoms with Gasteiger partial charge in [0.25, 0.3) is 0 Å². The van der Waals surface area contributed by atoms with E-state index in [4.69, 9.17) is 4.42 Å². The van der Waals surface area contributed by atoms with Crippen molar-refractivity contribution in [3.63, 3.8) is 0 Å². The molecule has 0 unspecified atom stereocenters. The van der Waals surface area contributed by atoms with Crippen LogP contribution in [-0.4, -0.2) is 5.78 Å². The Balaban J connectivity index is 2.19. The van der Waals surface area contributed by atoms with Gasteiger partial charge in [0.15, 0.2) is 0 Å². The van der Waals surface area contributed by atoms with Crippen LogP contribution < -0.4 is 0 Å². The molecular formula is C12H16O2. The lowest BCUT2D eigenvalue weighted by molar-refractivity contribution is -0.126. The van der Waals surface area contributed by atoms with Crippen molar-refractivity contribution in [1.82, 2.24) is 0 Å².